The Labute approximate surface area is 104 Å². The fraction of sp³-hybridized carbons (Fsp3) is 0.273. The van der Waals surface area contributed by atoms with Gasteiger partial charge in [-0.05, 0) is 12.1 Å². The van der Waals surface area contributed by atoms with Crippen LogP contribution in [0.4, 0.5) is 11.4 Å². The van der Waals surface area contributed by atoms with E-state index >= 15 is 0 Å². The number of anilines is 2. The van der Waals surface area contributed by atoms with E-state index in [1.807, 2.05) is 0 Å². The molecule has 0 fully saturated rings. The Kier molecular flexibility index (Phi) is 4.78. The van der Waals surface area contributed by atoms with E-state index < -0.39 is 0 Å². The summed E-state index contributed by atoms with van der Waals surface area (Å²) in [7, 11) is 1.48. The molecule has 1 rings (SSSR count). The molecule has 0 aliphatic carbocycles. The molecule has 0 heterocycles. The Morgan fingerprint density at radius 3 is 2.59 bits per heavy atom. The molecule has 0 spiro atoms. The maximum atomic E-state index is 11.1. The topological polar surface area (TPSA) is 67.4 Å². The molecule has 92 valence electrons. The molecule has 17 heavy (non-hydrogen) atoms. The summed E-state index contributed by atoms with van der Waals surface area (Å²) in [5.74, 6) is -0.148. The van der Waals surface area contributed by atoms with Gasteiger partial charge in [0, 0.05) is 18.7 Å². The first kappa shape index (κ1) is 13.3. The van der Waals surface area contributed by atoms with Crippen molar-refractivity contribution >= 4 is 34.8 Å². The van der Waals surface area contributed by atoms with Crippen LogP contribution in [-0.2, 0) is 9.59 Å². The van der Waals surface area contributed by atoms with Gasteiger partial charge in [-0.3, -0.25) is 9.59 Å². The smallest absolute Gasteiger partial charge is 0.239 e. The molecule has 5 nitrogen and oxygen atoms in total. The van der Waals surface area contributed by atoms with Crippen LogP contribution in [0.15, 0.2) is 18.2 Å². The van der Waals surface area contributed by atoms with Gasteiger partial charge in [-0.15, -0.1) is 11.6 Å². The van der Waals surface area contributed by atoms with Gasteiger partial charge in [0.15, 0.2) is 0 Å². The normalized spacial score (nSPS) is 9.59. The summed E-state index contributed by atoms with van der Waals surface area (Å²) in [5.41, 5.74) is 1.10. The third kappa shape index (κ3) is 3.96. The summed E-state index contributed by atoms with van der Waals surface area (Å²) in [6, 6.07) is 4.90. The van der Waals surface area contributed by atoms with Crippen molar-refractivity contribution in [2.24, 2.45) is 0 Å². The zero-order valence-corrected chi connectivity index (χ0v) is 10.3. The van der Waals surface area contributed by atoms with Gasteiger partial charge in [0.2, 0.25) is 11.8 Å². The lowest BCUT2D eigenvalue weighted by Crippen LogP contribution is -2.13. The van der Waals surface area contributed by atoms with Gasteiger partial charge < -0.3 is 15.4 Å². The molecule has 0 saturated carbocycles. The fourth-order valence-electron chi connectivity index (χ4n) is 1.26. The van der Waals surface area contributed by atoms with Crippen molar-refractivity contribution in [2.45, 2.75) is 6.92 Å². The van der Waals surface area contributed by atoms with Crippen molar-refractivity contribution in [3.63, 3.8) is 0 Å². The van der Waals surface area contributed by atoms with Crippen LogP contribution < -0.4 is 15.4 Å². The number of alkyl halides is 1. The average Bonchev–Trinajstić information content (AvgIpc) is 2.30. The predicted molar refractivity (Wildman–Crippen MR) is 66.6 cm³/mol. The largest absolute Gasteiger partial charge is 0.494 e. The average molecular weight is 257 g/mol. The lowest BCUT2D eigenvalue weighted by Gasteiger charge is -2.11. The van der Waals surface area contributed by atoms with Gasteiger partial charge in [0.05, 0.1) is 12.8 Å². The van der Waals surface area contributed by atoms with Gasteiger partial charge in [0.1, 0.15) is 11.6 Å². The Bertz CT molecular complexity index is 435. The van der Waals surface area contributed by atoms with Crippen molar-refractivity contribution in [3.05, 3.63) is 18.2 Å². The molecule has 0 bridgehead atoms. The van der Waals surface area contributed by atoms with Crippen molar-refractivity contribution < 1.29 is 14.3 Å². The van der Waals surface area contributed by atoms with Gasteiger partial charge in [0.25, 0.3) is 0 Å². The van der Waals surface area contributed by atoms with Crippen LogP contribution >= 0.6 is 11.6 Å². The molecule has 0 aliphatic rings. The lowest BCUT2D eigenvalue weighted by atomic mass is 10.2. The second-order valence-electron chi connectivity index (χ2n) is 3.28. The summed E-state index contributed by atoms with van der Waals surface area (Å²) in [5, 5.41) is 5.20. The number of methoxy groups -OCH3 is 1. The standard InChI is InChI=1S/C11H13ClN2O3/c1-7(15)13-9-4-3-8(5-10(9)17-2)14-11(16)6-12/h3-5H,6H2,1-2H3,(H,13,15)(H,14,16). The number of ether oxygens (including phenoxy) is 1. The minimum atomic E-state index is -0.305. The van der Waals surface area contributed by atoms with Gasteiger partial charge in [-0.25, -0.2) is 0 Å². The first-order chi connectivity index (χ1) is 8.06. The third-order valence-electron chi connectivity index (χ3n) is 1.92. The number of carbonyl (C=O) groups is 2. The first-order valence-electron chi connectivity index (χ1n) is 4.88. The van der Waals surface area contributed by atoms with Crippen LogP contribution in [0.25, 0.3) is 0 Å². The predicted octanol–water partition coefficient (Wildman–Crippen LogP) is 1.83. The number of hydrogen-bond donors (Lipinski definition) is 2. The van der Waals surface area contributed by atoms with Gasteiger partial charge in [-0.1, -0.05) is 0 Å². The van der Waals surface area contributed by atoms with Crippen molar-refractivity contribution in [1.29, 1.82) is 0 Å². The van der Waals surface area contributed by atoms with Crippen molar-refractivity contribution in [3.8, 4) is 5.75 Å². The van der Waals surface area contributed by atoms with Crippen LogP contribution in [0.2, 0.25) is 0 Å². The fourth-order valence-corrected chi connectivity index (χ4v) is 1.32. The van der Waals surface area contributed by atoms with Crippen LogP contribution in [0, 0.1) is 0 Å². The number of benzene rings is 1. The molecule has 0 aliphatic heterocycles. The monoisotopic (exact) mass is 256 g/mol. The van der Waals surface area contributed by atoms with Gasteiger partial charge in [-0.2, -0.15) is 0 Å². The van der Waals surface area contributed by atoms with Crippen LogP contribution in [-0.4, -0.2) is 24.8 Å². The molecule has 1 aromatic rings. The lowest BCUT2D eigenvalue weighted by molar-refractivity contribution is -0.114. The molecule has 0 aromatic heterocycles. The SMILES string of the molecule is COc1cc(NC(=O)CCl)ccc1NC(C)=O. The maximum Gasteiger partial charge on any atom is 0.239 e. The minimum Gasteiger partial charge on any atom is -0.494 e. The maximum absolute atomic E-state index is 11.1. The molecule has 2 N–H and O–H groups in total. The molecular weight excluding hydrogens is 244 g/mol. The summed E-state index contributed by atoms with van der Waals surface area (Å²) in [4.78, 5) is 22.0. The van der Waals surface area contributed by atoms with Crippen molar-refractivity contribution in [2.75, 3.05) is 23.6 Å². The third-order valence-corrected chi connectivity index (χ3v) is 2.16. The molecule has 0 unspecified atom stereocenters. The second-order valence-corrected chi connectivity index (χ2v) is 3.55. The zero-order chi connectivity index (χ0) is 12.8. The number of hydrogen-bond acceptors (Lipinski definition) is 3. The Morgan fingerprint density at radius 2 is 2.06 bits per heavy atom. The van der Waals surface area contributed by atoms with Crippen molar-refractivity contribution in [1.82, 2.24) is 0 Å². The zero-order valence-electron chi connectivity index (χ0n) is 9.54. The highest BCUT2D eigenvalue weighted by atomic mass is 35.5. The van der Waals surface area contributed by atoms with E-state index in [2.05, 4.69) is 10.6 Å². The summed E-state index contributed by atoms with van der Waals surface area (Å²) in [6.07, 6.45) is 0. The van der Waals surface area contributed by atoms with E-state index in [-0.39, 0.29) is 17.7 Å². The number of nitrogens with one attached hydrogen (secondary N) is 2. The van der Waals surface area contributed by atoms with E-state index in [1.54, 1.807) is 18.2 Å². The first-order valence-corrected chi connectivity index (χ1v) is 5.41. The van der Waals surface area contributed by atoms with Crippen LogP contribution in [0.3, 0.4) is 0 Å². The Balaban J connectivity index is 2.91. The highest BCUT2D eigenvalue weighted by Gasteiger charge is 2.07. The summed E-state index contributed by atoms with van der Waals surface area (Å²) >= 11 is 5.38. The molecular formula is C11H13ClN2O3. The highest BCUT2D eigenvalue weighted by molar-refractivity contribution is 6.29. The van der Waals surface area contributed by atoms with E-state index in [9.17, 15) is 9.59 Å². The van der Waals surface area contributed by atoms with Crippen LogP contribution in [0.5, 0.6) is 5.75 Å². The molecule has 6 heteroatoms. The van der Waals surface area contributed by atoms with E-state index in [1.165, 1.54) is 14.0 Å². The molecule has 1 aromatic carbocycles. The summed E-state index contributed by atoms with van der Waals surface area (Å²) in [6.45, 7) is 1.41. The minimum absolute atomic E-state index is 0.115. The molecule has 0 saturated heterocycles. The molecule has 0 atom stereocenters. The Morgan fingerprint density at radius 1 is 1.35 bits per heavy atom. The number of amides is 2. The highest BCUT2D eigenvalue weighted by Crippen LogP contribution is 2.27. The van der Waals surface area contributed by atoms with E-state index in [0.717, 1.165) is 0 Å². The van der Waals surface area contributed by atoms with E-state index in [0.29, 0.717) is 17.1 Å². The molecule has 2 amide bonds. The quantitative estimate of drug-likeness (QED) is 0.808. The number of rotatable bonds is 4. The second kappa shape index (κ2) is 6.10. The summed E-state index contributed by atoms with van der Waals surface area (Å²) < 4.78 is 5.10. The van der Waals surface area contributed by atoms with Crippen LogP contribution in [0.1, 0.15) is 6.92 Å². The number of halogens is 1. The Hall–Kier alpha value is -1.75. The van der Waals surface area contributed by atoms with E-state index in [4.69, 9.17) is 16.3 Å². The van der Waals surface area contributed by atoms with Gasteiger partial charge >= 0.3 is 0 Å². The molecule has 0 radical (unpaired) electrons. The number of carbonyl (C=O) groups excluding carboxylic acids is 2.